The number of rotatable bonds is 3. The Hall–Kier alpha value is -1.75. The van der Waals surface area contributed by atoms with E-state index in [-0.39, 0.29) is 24.9 Å². The average molecular weight is 242 g/mol. The number of anilines is 1. The highest BCUT2D eigenvalue weighted by atomic mass is 35.5. The van der Waals surface area contributed by atoms with Crippen LogP contribution in [0.4, 0.5) is 5.69 Å². The Balaban J connectivity index is 0.00000128. The molecule has 0 aliphatic rings. The maximum Gasteiger partial charge on any atom is 0.325 e. The summed E-state index contributed by atoms with van der Waals surface area (Å²) >= 11 is 0. The van der Waals surface area contributed by atoms with Gasteiger partial charge in [-0.25, -0.2) is 4.98 Å². The fourth-order valence-electron chi connectivity index (χ4n) is 1.34. The predicted molar refractivity (Wildman–Crippen MR) is 63.8 cm³/mol. The van der Waals surface area contributed by atoms with Crippen molar-refractivity contribution < 1.29 is 9.53 Å². The van der Waals surface area contributed by atoms with Crippen LogP contribution >= 0.6 is 12.4 Å². The minimum absolute atomic E-state index is 0. The number of nitrogens with one attached hydrogen (secondary N) is 2. The number of aromatic amines is 1. The molecule has 0 fully saturated rings. The molecule has 0 unspecified atom stereocenters. The van der Waals surface area contributed by atoms with Gasteiger partial charge in [0.25, 0.3) is 0 Å². The van der Waals surface area contributed by atoms with Crippen molar-refractivity contribution in [2.45, 2.75) is 0 Å². The molecule has 0 saturated carbocycles. The van der Waals surface area contributed by atoms with Gasteiger partial charge < -0.3 is 15.0 Å². The van der Waals surface area contributed by atoms with Gasteiger partial charge in [0.15, 0.2) is 0 Å². The molecule has 2 N–H and O–H groups in total. The first-order valence-electron chi connectivity index (χ1n) is 4.54. The minimum atomic E-state index is -0.298. The topological polar surface area (TPSA) is 67.0 Å². The molecule has 0 saturated heterocycles. The van der Waals surface area contributed by atoms with Gasteiger partial charge in [-0.2, -0.15) is 0 Å². The van der Waals surface area contributed by atoms with E-state index in [0.29, 0.717) is 0 Å². The van der Waals surface area contributed by atoms with E-state index in [1.54, 1.807) is 12.4 Å². The standard InChI is InChI=1S/C10H11N3O2.ClH/c1-15-9(14)6-12-8-5-13-10-7(8)3-2-4-11-10;/h2-5,12H,6H2,1H3,(H,11,13);1H. The van der Waals surface area contributed by atoms with Gasteiger partial charge in [-0.3, -0.25) is 4.79 Å². The fourth-order valence-corrected chi connectivity index (χ4v) is 1.34. The number of nitrogens with zero attached hydrogens (tertiary/aromatic N) is 1. The van der Waals surface area contributed by atoms with E-state index < -0.39 is 0 Å². The average Bonchev–Trinajstić information content (AvgIpc) is 2.69. The Kier molecular flexibility index (Phi) is 4.13. The molecular formula is C10H12ClN3O2. The number of carbonyl (C=O) groups excluding carboxylic acids is 1. The summed E-state index contributed by atoms with van der Waals surface area (Å²) in [5.41, 5.74) is 1.65. The van der Waals surface area contributed by atoms with Crippen LogP contribution < -0.4 is 5.32 Å². The number of aromatic nitrogens is 2. The summed E-state index contributed by atoms with van der Waals surface area (Å²) in [5, 5.41) is 3.93. The number of esters is 1. The van der Waals surface area contributed by atoms with E-state index in [0.717, 1.165) is 16.7 Å². The van der Waals surface area contributed by atoms with Crippen molar-refractivity contribution >= 4 is 35.1 Å². The highest BCUT2D eigenvalue weighted by molar-refractivity contribution is 5.91. The Labute approximate surface area is 98.6 Å². The molecule has 16 heavy (non-hydrogen) atoms. The quantitative estimate of drug-likeness (QED) is 0.801. The zero-order valence-electron chi connectivity index (χ0n) is 8.69. The van der Waals surface area contributed by atoms with Crippen molar-refractivity contribution in [3.63, 3.8) is 0 Å². The van der Waals surface area contributed by atoms with Gasteiger partial charge in [-0.05, 0) is 12.1 Å². The highest BCUT2D eigenvalue weighted by Gasteiger charge is 2.05. The lowest BCUT2D eigenvalue weighted by molar-refractivity contribution is -0.138. The lowest BCUT2D eigenvalue weighted by Crippen LogP contribution is -2.14. The van der Waals surface area contributed by atoms with Crippen molar-refractivity contribution in [1.29, 1.82) is 0 Å². The van der Waals surface area contributed by atoms with Crippen LogP contribution in [0.15, 0.2) is 24.5 Å². The van der Waals surface area contributed by atoms with E-state index in [1.807, 2.05) is 12.1 Å². The highest BCUT2D eigenvalue weighted by Crippen LogP contribution is 2.20. The van der Waals surface area contributed by atoms with Gasteiger partial charge in [-0.15, -0.1) is 12.4 Å². The largest absolute Gasteiger partial charge is 0.468 e. The molecule has 2 heterocycles. The molecule has 0 aliphatic heterocycles. The molecule has 0 amide bonds. The second kappa shape index (κ2) is 5.37. The number of hydrogen-bond donors (Lipinski definition) is 2. The van der Waals surface area contributed by atoms with Crippen LogP contribution in [0, 0.1) is 0 Å². The van der Waals surface area contributed by atoms with Gasteiger partial charge in [0.05, 0.1) is 12.8 Å². The van der Waals surface area contributed by atoms with Gasteiger partial charge >= 0.3 is 5.97 Å². The van der Waals surface area contributed by atoms with E-state index in [1.165, 1.54) is 7.11 Å². The van der Waals surface area contributed by atoms with E-state index in [9.17, 15) is 4.79 Å². The number of pyridine rings is 1. The number of carbonyl (C=O) groups is 1. The molecule has 0 aromatic carbocycles. The van der Waals surface area contributed by atoms with Crippen molar-refractivity contribution in [2.24, 2.45) is 0 Å². The lowest BCUT2D eigenvalue weighted by atomic mass is 10.3. The van der Waals surface area contributed by atoms with Crippen LogP contribution in [0.5, 0.6) is 0 Å². The molecule has 0 atom stereocenters. The zero-order valence-corrected chi connectivity index (χ0v) is 9.50. The molecule has 86 valence electrons. The number of hydrogen-bond acceptors (Lipinski definition) is 4. The molecular weight excluding hydrogens is 230 g/mol. The number of fused-ring (bicyclic) bond motifs is 1. The van der Waals surface area contributed by atoms with Crippen molar-refractivity contribution in [3.05, 3.63) is 24.5 Å². The van der Waals surface area contributed by atoms with Gasteiger partial charge in [0.2, 0.25) is 0 Å². The third-order valence-electron chi connectivity index (χ3n) is 2.10. The molecule has 5 nitrogen and oxygen atoms in total. The third kappa shape index (κ3) is 2.43. The third-order valence-corrected chi connectivity index (χ3v) is 2.10. The fraction of sp³-hybridized carbons (Fsp3) is 0.200. The smallest absolute Gasteiger partial charge is 0.325 e. The number of H-pyrrole nitrogens is 1. The van der Waals surface area contributed by atoms with Crippen LogP contribution in [0.25, 0.3) is 11.0 Å². The van der Waals surface area contributed by atoms with Crippen LogP contribution in [0.1, 0.15) is 0 Å². The zero-order chi connectivity index (χ0) is 10.7. The van der Waals surface area contributed by atoms with E-state index in [4.69, 9.17) is 0 Å². The summed E-state index contributed by atoms with van der Waals surface area (Å²) in [5.74, 6) is -0.298. The predicted octanol–water partition coefficient (Wildman–Crippen LogP) is 1.57. The number of methoxy groups -OCH3 is 1. The molecule has 0 radical (unpaired) electrons. The normalized spacial score (nSPS) is 9.56. The second-order valence-electron chi connectivity index (χ2n) is 3.03. The van der Waals surface area contributed by atoms with Gasteiger partial charge in [0, 0.05) is 17.8 Å². The number of halogens is 1. The molecule has 6 heteroatoms. The summed E-state index contributed by atoms with van der Waals surface area (Å²) in [6, 6.07) is 3.78. The molecule has 2 aromatic heterocycles. The Morgan fingerprint density at radius 2 is 2.44 bits per heavy atom. The maximum atomic E-state index is 10.9. The summed E-state index contributed by atoms with van der Waals surface area (Å²) in [6.07, 6.45) is 3.49. The molecule has 0 bridgehead atoms. The van der Waals surface area contributed by atoms with Crippen LogP contribution in [-0.2, 0) is 9.53 Å². The summed E-state index contributed by atoms with van der Waals surface area (Å²) in [7, 11) is 1.36. The maximum absolute atomic E-state index is 10.9. The SMILES string of the molecule is COC(=O)CNc1c[nH]c2ncccc12.Cl. The molecule has 2 rings (SSSR count). The lowest BCUT2D eigenvalue weighted by Gasteiger charge is -2.02. The summed E-state index contributed by atoms with van der Waals surface area (Å²) in [4.78, 5) is 18.1. The van der Waals surface area contributed by atoms with Gasteiger partial charge in [0.1, 0.15) is 12.2 Å². The van der Waals surface area contributed by atoms with Crippen molar-refractivity contribution in [3.8, 4) is 0 Å². The summed E-state index contributed by atoms with van der Waals surface area (Å²) in [6.45, 7) is 0.151. The van der Waals surface area contributed by atoms with E-state index >= 15 is 0 Å². The van der Waals surface area contributed by atoms with Crippen LogP contribution in [0.2, 0.25) is 0 Å². The Morgan fingerprint density at radius 3 is 3.19 bits per heavy atom. The van der Waals surface area contributed by atoms with E-state index in [2.05, 4.69) is 20.0 Å². The van der Waals surface area contributed by atoms with Crippen molar-refractivity contribution in [1.82, 2.24) is 9.97 Å². The first kappa shape index (κ1) is 12.3. The van der Waals surface area contributed by atoms with Crippen LogP contribution in [0.3, 0.4) is 0 Å². The number of ether oxygens (including phenoxy) is 1. The molecule has 0 aliphatic carbocycles. The van der Waals surface area contributed by atoms with Crippen molar-refractivity contribution in [2.75, 3.05) is 19.0 Å². The summed E-state index contributed by atoms with van der Waals surface area (Å²) < 4.78 is 4.53. The minimum Gasteiger partial charge on any atom is -0.468 e. The Morgan fingerprint density at radius 1 is 1.62 bits per heavy atom. The Bertz CT molecular complexity index is 484. The van der Waals surface area contributed by atoms with Crippen LogP contribution in [-0.4, -0.2) is 29.6 Å². The first-order chi connectivity index (χ1) is 7.31. The molecule has 2 aromatic rings. The monoisotopic (exact) mass is 241 g/mol. The molecule has 0 spiro atoms. The second-order valence-corrected chi connectivity index (χ2v) is 3.03. The first-order valence-corrected chi connectivity index (χ1v) is 4.54. The van der Waals surface area contributed by atoms with Gasteiger partial charge in [-0.1, -0.05) is 0 Å².